The first-order valence-corrected chi connectivity index (χ1v) is 6.37. The lowest BCUT2D eigenvalue weighted by Crippen LogP contribution is -2.22. The van der Waals surface area contributed by atoms with Crippen molar-refractivity contribution in [2.45, 2.75) is 25.4 Å². The molecule has 0 atom stereocenters. The molecule has 2 heterocycles. The lowest BCUT2D eigenvalue weighted by molar-refractivity contribution is 0.298. The molecule has 0 radical (unpaired) electrons. The summed E-state index contributed by atoms with van der Waals surface area (Å²) >= 11 is 1.52. The van der Waals surface area contributed by atoms with Crippen molar-refractivity contribution < 1.29 is 5.11 Å². The lowest BCUT2D eigenvalue weighted by Gasteiger charge is -2.01. The first kappa shape index (κ1) is 15.0. The zero-order valence-electron chi connectivity index (χ0n) is 10.1. The maximum atomic E-state index is 12.1. The number of hydrogen-bond acceptors (Lipinski definition) is 5. The Morgan fingerprint density at radius 1 is 1.44 bits per heavy atom. The van der Waals surface area contributed by atoms with Gasteiger partial charge in [-0.1, -0.05) is 18.7 Å². The van der Waals surface area contributed by atoms with Crippen LogP contribution in [0.2, 0.25) is 0 Å². The molecule has 0 fully saturated rings. The van der Waals surface area contributed by atoms with E-state index in [-0.39, 0.29) is 24.6 Å². The Bertz CT molecular complexity index is 595. The van der Waals surface area contributed by atoms with Crippen LogP contribution in [0.1, 0.15) is 18.2 Å². The summed E-state index contributed by atoms with van der Waals surface area (Å²) in [6, 6.07) is 0. The Morgan fingerprint density at radius 3 is 2.78 bits per heavy atom. The van der Waals surface area contributed by atoms with Crippen LogP contribution in [0, 0.1) is 6.92 Å². The SMILES string of the molecule is CCSc1nc2nc(C)c(CCO)c(=O)n2[nH]1.Cl. The summed E-state index contributed by atoms with van der Waals surface area (Å²) in [6.07, 6.45) is 0.315. The number of rotatable bonds is 4. The maximum absolute atomic E-state index is 12.1. The number of aliphatic hydroxyl groups excluding tert-OH is 1. The number of halogens is 1. The van der Waals surface area contributed by atoms with Crippen LogP contribution in [0.15, 0.2) is 9.95 Å². The summed E-state index contributed by atoms with van der Waals surface area (Å²) in [4.78, 5) is 20.6. The molecular weight excluding hydrogens is 276 g/mol. The zero-order valence-corrected chi connectivity index (χ0v) is 11.8. The van der Waals surface area contributed by atoms with Gasteiger partial charge in [-0.2, -0.15) is 9.50 Å². The van der Waals surface area contributed by atoms with Gasteiger partial charge in [0.15, 0.2) is 5.16 Å². The number of H-pyrrole nitrogens is 1. The minimum absolute atomic E-state index is 0. The Hall–Kier alpha value is -1.05. The van der Waals surface area contributed by atoms with Crippen molar-refractivity contribution in [3.8, 4) is 0 Å². The molecule has 0 saturated carbocycles. The molecule has 2 rings (SSSR count). The average molecular weight is 291 g/mol. The second-order valence-electron chi connectivity index (χ2n) is 3.55. The number of hydrogen-bond donors (Lipinski definition) is 2. The summed E-state index contributed by atoms with van der Waals surface area (Å²) in [5, 5.41) is 12.5. The van der Waals surface area contributed by atoms with Gasteiger partial charge < -0.3 is 5.11 Å². The van der Waals surface area contributed by atoms with Gasteiger partial charge in [-0.15, -0.1) is 12.4 Å². The number of aliphatic hydroxyl groups is 1. The molecule has 0 aromatic carbocycles. The molecule has 0 aliphatic carbocycles. The number of fused-ring (bicyclic) bond motifs is 1. The van der Waals surface area contributed by atoms with Crippen LogP contribution >= 0.6 is 24.2 Å². The second kappa shape index (κ2) is 6.21. The van der Waals surface area contributed by atoms with Crippen LogP contribution in [0.5, 0.6) is 0 Å². The first-order valence-electron chi connectivity index (χ1n) is 5.39. The van der Waals surface area contributed by atoms with Crippen molar-refractivity contribution in [2.24, 2.45) is 0 Å². The van der Waals surface area contributed by atoms with Crippen molar-refractivity contribution in [1.29, 1.82) is 0 Å². The Kier molecular flexibility index (Phi) is 5.18. The van der Waals surface area contributed by atoms with Gasteiger partial charge in [-0.3, -0.25) is 9.89 Å². The molecular formula is C10H15ClN4O2S. The molecule has 0 spiro atoms. The fourth-order valence-corrected chi connectivity index (χ4v) is 2.21. The van der Waals surface area contributed by atoms with Gasteiger partial charge in [0.25, 0.3) is 11.3 Å². The predicted molar refractivity (Wildman–Crippen MR) is 72.8 cm³/mol. The standard InChI is InChI=1S/C10H14N4O2S.ClH/c1-3-17-10-12-9-11-6(2)7(4-5-15)8(16)14(9)13-10;/h15H,3-5H2,1-2H3,(H,11,12,13);1H. The molecule has 0 unspecified atom stereocenters. The van der Waals surface area contributed by atoms with Crippen LogP contribution in [0.3, 0.4) is 0 Å². The number of nitrogens with one attached hydrogen (secondary N) is 1. The average Bonchev–Trinajstić information content (AvgIpc) is 2.67. The largest absolute Gasteiger partial charge is 0.396 e. The van der Waals surface area contributed by atoms with E-state index in [1.54, 1.807) is 6.92 Å². The lowest BCUT2D eigenvalue weighted by atomic mass is 10.2. The normalized spacial score (nSPS) is 10.6. The van der Waals surface area contributed by atoms with E-state index >= 15 is 0 Å². The Morgan fingerprint density at radius 2 is 2.17 bits per heavy atom. The van der Waals surface area contributed by atoms with Gasteiger partial charge in [0, 0.05) is 18.6 Å². The number of aromatic amines is 1. The first-order chi connectivity index (χ1) is 8.17. The highest BCUT2D eigenvalue weighted by atomic mass is 35.5. The highest BCUT2D eigenvalue weighted by Crippen LogP contribution is 2.12. The number of nitrogens with zero attached hydrogens (tertiary/aromatic N) is 3. The summed E-state index contributed by atoms with van der Waals surface area (Å²) in [5.41, 5.74) is 0.974. The van der Waals surface area contributed by atoms with E-state index in [0.717, 1.165) is 5.75 Å². The van der Waals surface area contributed by atoms with E-state index in [0.29, 0.717) is 28.6 Å². The molecule has 18 heavy (non-hydrogen) atoms. The van der Waals surface area contributed by atoms with Crippen molar-refractivity contribution >= 4 is 29.9 Å². The quantitative estimate of drug-likeness (QED) is 0.814. The third-order valence-corrected chi connectivity index (χ3v) is 3.16. The molecule has 8 heteroatoms. The van der Waals surface area contributed by atoms with Crippen LogP contribution in [0.4, 0.5) is 0 Å². The Labute approximate surface area is 114 Å². The van der Waals surface area contributed by atoms with E-state index in [2.05, 4.69) is 15.1 Å². The van der Waals surface area contributed by atoms with Gasteiger partial charge in [-0.25, -0.2) is 4.98 Å². The second-order valence-corrected chi connectivity index (χ2v) is 4.80. The Balaban J connectivity index is 0.00000162. The van der Waals surface area contributed by atoms with Crippen molar-refractivity contribution in [1.82, 2.24) is 19.6 Å². The van der Waals surface area contributed by atoms with Crippen LogP contribution < -0.4 is 5.56 Å². The fourth-order valence-electron chi connectivity index (χ4n) is 1.64. The summed E-state index contributed by atoms with van der Waals surface area (Å²) < 4.78 is 1.33. The molecule has 0 aliphatic rings. The maximum Gasteiger partial charge on any atom is 0.277 e. The number of aromatic nitrogens is 4. The van der Waals surface area contributed by atoms with E-state index in [4.69, 9.17) is 5.11 Å². The molecule has 0 aliphatic heterocycles. The minimum Gasteiger partial charge on any atom is -0.396 e. The van der Waals surface area contributed by atoms with Gasteiger partial charge in [-0.05, 0) is 12.7 Å². The zero-order chi connectivity index (χ0) is 12.4. The van der Waals surface area contributed by atoms with Gasteiger partial charge >= 0.3 is 0 Å². The molecule has 2 aromatic rings. The molecule has 0 amide bonds. The van der Waals surface area contributed by atoms with Crippen LogP contribution in [0.25, 0.3) is 5.78 Å². The smallest absolute Gasteiger partial charge is 0.277 e. The van der Waals surface area contributed by atoms with Gasteiger partial charge in [0.1, 0.15) is 0 Å². The third kappa shape index (κ3) is 2.68. The molecule has 0 bridgehead atoms. The molecule has 0 saturated heterocycles. The summed E-state index contributed by atoms with van der Waals surface area (Å²) in [7, 11) is 0. The van der Waals surface area contributed by atoms with Gasteiger partial charge in [0.05, 0.1) is 5.69 Å². The minimum atomic E-state index is -0.183. The topological polar surface area (TPSA) is 83.3 Å². The van der Waals surface area contributed by atoms with Crippen molar-refractivity contribution in [3.63, 3.8) is 0 Å². The predicted octanol–water partition coefficient (Wildman–Crippen LogP) is 0.795. The van der Waals surface area contributed by atoms with E-state index in [1.807, 2.05) is 6.92 Å². The van der Waals surface area contributed by atoms with Crippen LogP contribution in [-0.2, 0) is 6.42 Å². The molecule has 2 N–H and O–H groups in total. The molecule has 2 aromatic heterocycles. The molecule has 6 nitrogen and oxygen atoms in total. The van der Waals surface area contributed by atoms with Crippen molar-refractivity contribution in [2.75, 3.05) is 12.4 Å². The number of thioether (sulfide) groups is 1. The van der Waals surface area contributed by atoms with Gasteiger partial charge in [0.2, 0.25) is 0 Å². The molecule has 100 valence electrons. The fraction of sp³-hybridized carbons (Fsp3) is 0.500. The van der Waals surface area contributed by atoms with E-state index in [9.17, 15) is 4.79 Å². The third-order valence-electron chi connectivity index (χ3n) is 2.42. The van der Waals surface area contributed by atoms with E-state index < -0.39 is 0 Å². The summed E-state index contributed by atoms with van der Waals surface area (Å²) in [6.45, 7) is 3.71. The highest BCUT2D eigenvalue weighted by molar-refractivity contribution is 7.99. The highest BCUT2D eigenvalue weighted by Gasteiger charge is 2.12. The van der Waals surface area contributed by atoms with E-state index in [1.165, 1.54) is 16.3 Å². The number of aryl methyl sites for hydroxylation is 1. The summed E-state index contributed by atoms with van der Waals surface area (Å²) in [5.74, 6) is 1.25. The van der Waals surface area contributed by atoms with Crippen LogP contribution in [-0.4, -0.2) is 37.0 Å². The monoisotopic (exact) mass is 290 g/mol. The van der Waals surface area contributed by atoms with Crippen molar-refractivity contribution in [3.05, 3.63) is 21.6 Å².